The second-order valence-electron chi connectivity index (χ2n) is 5.69. The van der Waals surface area contributed by atoms with E-state index >= 15 is 0 Å². The predicted octanol–water partition coefficient (Wildman–Crippen LogP) is 1.62. The first-order chi connectivity index (χ1) is 9.29. The van der Waals surface area contributed by atoms with Crippen LogP contribution in [0.3, 0.4) is 0 Å². The van der Waals surface area contributed by atoms with Crippen LogP contribution in [0.4, 0.5) is 4.39 Å². The molecule has 0 bridgehead atoms. The molecular weight excluding hydrogens is 276 g/mol. The SMILES string of the molecule is CC(=O)n1c([Si](C)(C)C)c(F)c2cccc(OBO)c21. The first kappa shape index (κ1) is 14.8. The van der Waals surface area contributed by atoms with Crippen LogP contribution in [-0.2, 0) is 0 Å². The van der Waals surface area contributed by atoms with Gasteiger partial charge < -0.3 is 9.68 Å². The molecule has 0 atom stereocenters. The molecule has 0 radical (unpaired) electrons. The van der Waals surface area contributed by atoms with Crippen LogP contribution in [0, 0.1) is 5.82 Å². The number of rotatable bonds is 3. The van der Waals surface area contributed by atoms with Gasteiger partial charge in [-0.25, -0.2) is 4.39 Å². The summed E-state index contributed by atoms with van der Waals surface area (Å²) >= 11 is 0. The van der Waals surface area contributed by atoms with Crippen molar-refractivity contribution < 1.29 is 18.9 Å². The van der Waals surface area contributed by atoms with Gasteiger partial charge >= 0.3 is 7.69 Å². The lowest BCUT2D eigenvalue weighted by molar-refractivity contribution is 0.0943. The minimum absolute atomic E-state index is 0.259. The maximum absolute atomic E-state index is 14.7. The average molecular weight is 293 g/mol. The van der Waals surface area contributed by atoms with E-state index in [9.17, 15) is 9.18 Å². The van der Waals surface area contributed by atoms with E-state index in [-0.39, 0.29) is 11.7 Å². The van der Waals surface area contributed by atoms with Gasteiger partial charge in [-0.1, -0.05) is 25.7 Å². The number of hydrogen-bond acceptors (Lipinski definition) is 3. The Morgan fingerprint density at radius 3 is 2.55 bits per heavy atom. The number of carbonyl (C=O) groups is 1. The zero-order valence-electron chi connectivity index (χ0n) is 12.0. The van der Waals surface area contributed by atoms with Crippen LogP contribution in [0.5, 0.6) is 5.75 Å². The summed E-state index contributed by atoms with van der Waals surface area (Å²) in [6.45, 7) is 7.35. The Morgan fingerprint density at radius 2 is 2.05 bits per heavy atom. The Balaban J connectivity index is 2.95. The van der Waals surface area contributed by atoms with Crippen molar-refractivity contribution >= 4 is 37.9 Å². The highest BCUT2D eigenvalue weighted by molar-refractivity contribution is 6.88. The molecule has 0 aliphatic heterocycles. The van der Waals surface area contributed by atoms with Gasteiger partial charge in [-0.2, -0.15) is 0 Å². The lowest BCUT2D eigenvalue weighted by Crippen LogP contribution is -2.46. The summed E-state index contributed by atoms with van der Waals surface area (Å²) in [6, 6.07) is 4.89. The van der Waals surface area contributed by atoms with Crippen molar-refractivity contribution in [3.05, 3.63) is 24.0 Å². The van der Waals surface area contributed by atoms with Gasteiger partial charge in [0.2, 0.25) is 5.91 Å². The second kappa shape index (κ2) is 5.07. The van der Waals surface area contributed by atoms with Gasteiger partial charge in [0.05, 0.1) is 5.52 Å². The molecule has 1 heterocycles. The van der Waals surface area contributed by atoms with Gasteiger partial charge in [0.25, 0.3) is 0 Å². The molecule has 0 spiro atoms. The zero-order chi connectivity index (χ0) is 15.1. The maximum atomic E-state index is 14.7. The van der Waals surface area contributed by atoms with Crippen molar-refractivity contribution in [1.82, 2.24) is 4.57 Å². The molecule has 0 unspecified atom stereocenters. The van der Waals surface area contributed by atoms with Crippen LogP contribution >= 0.6 is 0 Å². The van der Waals surface area contributed by atoms with E-state index < -0.39 is 15.8 Å². The first-order valence-electron chi connectivity index (χ1n) is 6.37. The standard InChI is InChI=1S/C13H17BFNO3Si/c1-8(17)16-12-9(6-5-7-10(12)19-14-18)11(15)13(16)20(2,3)4/h5-7,14,18H,1-4H3. The molecule has 1 aromatic heterocycles. The molecule has 106 valence electrons. The van der Waals surface area contributed by atoms with Crippen LogP contribution in [0.15, 0.2) is 18.2 Å². The van der Waals surface area contributed by atoms with Crippen LogP contribution < -0.4 is 9.97 Å². The van der Waals surface area contributed by atoms with Crippen LogP contribution in [0.25, 0.3) is 10.9 Å². The summed E-state index contributed by atoms with van der Waals surface area (Å²) in [5.41, 5.74) is 0.393. The van der Waals surface area contributed by atoms with Crippen LogP contribution in [-0.4, -0.2) is 31.3 Å². The molecular formula is C13H17BFNO3Si. The van der Waals surface area contributed by atoms with Crippen molar-refractivity contribution in [2.24, 2.45) is 0 Å². The van der Waals surface area contributed by atoms with Gasteiger partial charge in [0, 0.05) is 17.6 Å². The molecule has 0 aliphatic carbocycles. The third kappa shape index (κ3) is 2.27. The minimum Gasteiger partial charge on any atom is -0.537 e. The van der Waals surface area contributed by atoms with Crippen molar-refractivity contribution in [2.75, 3.05) is 0 Å². The zero-order valence-corrected chi connectivity index (χ0v) is 13.0. The summed E-state index contributed by atoms with van der Waals surface area (Å²) < 4.78 is 21.2. The number of fused-ring (bicyclic) bond motifs is 1. The first-order valence-corrected chi connectivity index (χ1v) is 9.87. The lowest BCUT2D eigenvalue weighted by Gasteiger charge is -2.19. The lowest BCUT2D eigenvalue weighted by atomic mass is 10.2. The number of halogens is 1. The molecule has 0 saturated heterocycles. The predicted molar refractivity (Wildman–Crippen MR) is 81.2 cm³/mol. The topological polar surface area (TPSA) is 51.5 Å². The number of carbonyl (C=O) groups excluding carboxylic acids is 1. The third-order valence-electron chi connectivity index (χ3n) is 3.14. The fourth-order valence-electron chi connectivity index (χ4n) is 2.43. The summed E-state index contributed by atoms with van der Waals surface area (Å²) in [7, 11) is -2.59. The van der Waals surface area contributed by atoms with Gasteiger partial charge in [-0.05, 0) is 12.1 Å². The fourth-order valence-corrected chi connectivity index (χ4v) is 4.17. The third-order valence-corrected chi connectivity index (χ3v) is 5.00. The summed E-state index contributed by atoms with van der Waals surface area (Å²) in [4.78, 5) is 12.0. The smallest absolute Gasteiger partial charge is 0.504 e. The highest BCUT2D eigenvalue weighted by atomic mass is 28.3. The van der Waals surface area contributed by atoms with Crippen molar-refractivity contribution in [3.8, 4) is 5.75 Å². The largest absolute Gasteiger partial charge is 0.537 e. The molecule has 1 aromatic carbocycles. The summed E-state index contributed by atoms with van der Waals surface area (Å²) in [6.07, 6.45) is 0. The Bertz CT molecular complexity index is 678. The highest BCUT2D eigenvalue weighted by Crippen LogP contribution is 2.29. The van der Waals surface area contributed by atoms with Crippen molar-refractivity contribution in [2.45, 2.75) is 26.6 Å². The summed E-state index contributed by atoms with van der Waals surface area (Å²) in [5, 5.41) is 9.75. The molecule has 20 heavy (non-hydrogen) atoms. The maximum Gasteiger partial charge on any atom is 0.504 e. The van der Waals surface area contributed by atoms with E-state index in [1.54, 1.807) is 18.2 Å². The van der Waals surface area contributed by atoms with Crippen LogP contribution in [0.2, 0.25) is 19.6 Å². The number of benzene rings is 1. The van der Waals surface area contributed by atoms with Crippen molar-refractivity contribution in [1.29, 1.82) is 0 Å². The molecule has 2 aromatic rings. The molecule has 7 heteroatoms. The van der Waals surface area contributed by atoms with Crippen LogP contribution in [0.1, 0.15) is 11.7 Å². The van der Waals surface area contributed by atoms with Gasteiger partial charge in [0.1, 0.15) is 19.6 Å². The van der Waals surface area contributed by atoms with Gasteiger partial charge in [-0.3, -0.25) is 9.36 Å². The summed E-state index contributed by atoms with van der Waals surface area (Å²) in [5.74, 6) is -0.313. The Hall–Kier alpha value is -1.60. The molecule has 2 rings (SSSR count). The average Bonchev–Trinajstić information content (AvgIpc) is 2.64. The van der Waals surface area contributed by atoms with E-state index in [0.717, 1.165) is 0 Å². The highest BCUT2D eigenvalue weighted by Gasteiger charge is 2.31. The number of para-hydroxylation sites is 1. The van der Waals surface area contributed by atoms with E-state index in [0.29, 0.717) is 22.0 Å². The molecule has 0 aliphatic rings. The van der Waals surface area contributed by atoms with Crippen molar-refractivity contribution in [3.63, 3.8) is 0 Å². The van der Waals surface area contributed by atoms with E-state index in [2.05, 4.69) is 0 Å². The minimum atomic E-state index is -2.07. The molecule has 0 saturated carbocycles. The monoisotopic (exact) mass is 293 g/mol. The Labute approximate surface area is 118 Å². The fraction of sp³-hybridized carbons (Fsp3) is 0.308. The number of hydrogen-bond donors (Lipinski definition) is 1. The molecule has 0 amide bonds. The normalized spacial score (nSPS) is 11.7. The Kier molecular flexibility index (Phi) is 3.75. The molecule has 0 fully saturated rings. The second-order valence-corrected chi connectivity index (χ2v) is 10.7. The van der Waals surface area contributed by atoms with E-state index in [4.69, 9.17) is 9.68 Å². The van der Waals surface area contributed by atoms with Gasteiger partial charge in [0.15, 0.2) is 0 Å². The number of aromatic nitrogens is 1. The number of nitrogens with zero attached hydrogens (tertiary/aromatic N) is 1. The molecule has 1 N–H and O–H groups in total. The Morgan fingerprint density at radius 1 is 1.40 bits per heavy atom. The van der Waals surface area contributed by atoms with E-state index in [1.165, 1.54) is 11.5 Å². The quantitative estimate of drug-likeness (QED) is 0.875. The molecule has 4 nitrogen and oxygen atoms in total. The van der Waals surface area contributed by atoms with Gasteiger partial charge in [-0.15, -0.1) is 0 Å². The van der Waals surface area contributed by atoms with E-state index in [1.807, 2.05) is 19.6 Å².